The average Bonchev–Trinajstić information content (AvgIpc) is 2.01. The Morgan fingerprint density at radius 1 is 1.75 bits per heavy atom. The summed E-state index contributed by atoms with van der Waals surface area (Å²) < 4.78 is 10.3. The fourth-order valence-electron chi connectivity index (χ4n) is 0.476. The topological polar surface area (TPSA) is 78.2 Å². The van der Waals surface area contributed by atoms with Crippen LogP contribution in [0.15, 0.2) is 11.9 Å². The van der Waals surface area contributed by atoms with Crippen LogP contribution >= 0.6 is 8.03 Å². The molecule has 0 aromatic heterocycles. The number of rotatable bonds is 4. The smallest absolute Gasteiger partial charge is 0.222 e. The first-order valence-corrected chi connectivity index (χ1v) is 4.69. The third-order valence-corrected chi connectivity index (χ3v) is 1.85. The third kappa shape index (κ3) is 11.9. The zero-order chi connectivity index (χ0) is 9.98. The molecule has 1 unspecified atom stereocenters. The molecule has 12 heavy (non-hydrogen) atoms. The van der Waals surface area contributed by atoms with Gasteiger partial charge in [-0.1, -0.05) is 13.3 Å². The summed E-state index contributed by atoms with van der Waals surface area (Å²) in [4.78, 5) is 16.8. The largest absolute Gasteiger partial charge is 0.540 e. The number of hydrogen-bond acceptors (Lipinski definition) is 3. The highest BCUT2D eigenvalue weighted by molar-refractivity contribution is 7.43. The lowest BCUT2D eigenvalue weighted by Crippen LogP contribution is -1.73. The Morgan fingerprint density at radius 2 is 2.17 bits per heavy atom. The molecule has 0 heterocycles. The van der Waals surface area contributed by atoms with Gasteiger partial charge in [-0.25, -0.2) is 10.2 Å². The van der Waals surface area contributed by atoms with E-state index in [1.807, 2.05) is 6.92 Å². The predicted molar refractivity (Wildman–Crippen MR) is 46.9 cm³/mol. The van der Waals surface area contributed by atoms with Crippen molar-refractivity contribution in [2.45, 2.75) is 26.2 Å². The second kappa shape index (κ2) is 10.2. The van der Waals surface area contributed by atoms with Crippen molar-refractivity contribution in [1.29, 1.82) is 5.41 Å². The highest BCUT2D eigenvalue weighted by Gasteiger charge is 2.15. The van der Waals surface area contributed by atoms with Crippen LogP contribution in [-0.2, 0) is 9.36 Å². The summed E-state index contributed by atoms with van der Waals surface area (Å²) in [6.45, 7) is 5.50. The fourth-order valence-corrected chi connectivity index (χ4v) is 0.826. The third-order valence-electron chi connectivity index (χ3n) is 1.09. The van der Waals surface area contributed by atoms with Crippen LogP contribution in [0.3, 0.4) is 0 Å². The van der Waals surface area contributed by atoms with Gasteiger partial charge in [-0.3, -0.25) is 0 Å². The number of carbonyl (C=O) groups excluding carboxylic acids is 1. The Hall–Kier alpha value is -0.820. The van der Waals surface area contributed by atoms with Crippen LogP contribution in [0.2, 0.25) is 0 Å². The summed E-state index contributed by atoms with van der Waals surface area (Å²) in [7, 11) is -2.12. The molecule has 0 aliphatic heterocycles. The number of allylic oxidation sites excluding steroid dienone is 1. The molecule has 0 bridgehead atoms. The first-order valence-electron chi connectivity index (χ1n) is 3.47. The van der Waals surface area contributed by atoms with Gasteiger partial charge in [-0.05, 0) is 17.6 Å². The van der Waals surface area contributed by atoms with Crippen LogP contribution in [0.5, 0.6) is 0 Å². The van der Waals surface area contributed by atoms with Crippen LogP contribution in [0.4, 0.5) is 0 Å². The van der Waals surface area contributed by atoms with Gasteiger partial charge in [0.05, 0.1) is 0 Å². The van der Waals surface area contributed by atoms with Gasteiger partial charge in [0, 0.05) is 6.42 Å². The Bertz CT molecular complexity index is 185. The molecule has 0 aliphatic carbocycles. The van der Waals surface area contributed by atoms with Crippen molar-refractivity contribution in [3.05, 3.63) is 11.9 Å². The van der Waals surface area contributed by atoms with Crippen molar-refractivity contribution in [1.82, 2.24) is 0 Å². The Morgan fingerprint density at radius 3 is 2.42 bits per heavy atom. The molecular weight excluding hydrogens is 177 g/mol. The van der Waals surface area contributed by atoms with Gasteiger partial charge in [-0.2, -0.15) is 4.89 Å². The molecule has 0 amide bonds. The van der Waals surface area contributed by atoms with Crippen molar-refractivity contribution in [2.24, 2.45) is 0 Å². The highest BCUT2D eigenvalue weighted by atomic mass is 31.1. The van der Waals surface area contributed by atoms with Crippen molar-refractivity contribution < 1.29 is 14.3 Å². The van der Waals surface area contributed by atoms with Gasteiger partial charge in [0.2, 0.25) is 6.08 Å². The van der Waals surface area contributed by atoms with Crippen molar-refractivity contribution in [3.8, 4) is 0 Å². The molecule has 0 aliphatic rings. The van der Waals surface area contributed by atoms with Gasteiger partial charge in [0.15, 0.2) is 5.31 Å². The number of unbranched alkanes of at least 4 members (excludes halogenated alkanes) is 1. The maximum atomic E-state index is 10.3. The van der Waals surface area contributed by atoms with E-state index in [4.69, 9.17) is 15.1 Å². The molecule has 0 aromatic carbocycles. The summed E-state index contributed by atoms with van der Waals surface area (Å²) in [5.41, 5.74) is 0. The molecule has 0 saturated carbocycles. The minimum atomic E-state index is -2.12. The van der Waals surface area contributed by atoms with Gasteiger partial charge in [0.1, 0.15) is 0 Å². The lowest BCUT2D eigenvalue weighted by molar-refractivity contribution is 0.507. The molecule has 0 spiro atoms. The minimum absolute atomic E-state index is 0.465. The molecule has 68 valence electrons. The van der Waals surface area contributed by atoms with Gasteiger partial charge in [0.25, 0.3) is 0 Å². The molecule has 0 rings (SSSR count). The van der Waals surface area contributed by atoms with Crippen molar-refractivity contribution >= 4 is 14.1 Å². The highest BCUT2D eigenvalue weighted by Crippen LogP contribution is 2.28. The Balaban J connectivity index is 0. The van der Waals surface area contributed by atoms with E-state index >= 15 is 0 Å². The van der Waals surface area contributed by atoms with Crippen LogP contribution in [-0.4, -0.2) is 11.0 Å². The van der Waals surface area contributed by atoms with E-state index in [0.29, 0.717) is 11.7 Å². The number of hydrogen-bond donors (Lipinski definition) is 2. The molecule has 0 saturated heterocycles. The summed E-state index contributed by atoms with van der Waals surface area (Å²) in [5.74, 6) is 0. The SMILES string of the molecule is C=C(CCCC)[P+](=O)O.N=C=O. The number of isocyanates is 1. The van der Waals surface area contributed by atoms with E-state index in [2.05, 4.69) is 6.58 Å². The van der Waals surface area contributed by atoms with Crippen LogP contribution in [0.1, 0.15) is 26.2 Å². The predicted octanol–water partition coefficient (Wildman–Crippen LogP) is 2.33. The van der Waals surface area contributed by atoms with E-state index in [9.17, 15) is 4.57 Å². The Labute approximate surface area is 72.7 Å². The molecule has 0 radical (unpaired) electrons. The second-order valence-corrected chi connectivity index (χ2v) is 3.22. The average molecular weight is 190 g/mol. The van der Waals surface area contributed by atoms with E-state index < -0.39 is 8.03 Å². The fraction of sp³-hybridized carbons (Fsp3) is 0.571. The molecule has 4 nitrogen and oxygen atoms in total. The maximum absolute atomic E-state index is 10.3. The van der Waals surface area contributed by atoms with Gasteiger partial charge < -0.3 is 0 Å². The lowest BCUT2D eigenvalue weighted by atomic mass is 10.2. The van der Waals surface area contributed by atoms with Crippen LogP contribution in [0.25, 0.3) is 0 Å². The summed E-state index contributed by atoms with van der Waals surface area (Å²) in [5, 5.41) is 5.87. The van der Waals surface area contributed by atoms with E-state index in [-0.39, 0.29) is 0 Å². The van der Waals surface area contributed by atoms with E-state index in [1.165, 1.54) is 0 Å². The van der Waals surface area contributed by atoms with Crippen molar-refractivity contribution in [3.63, 3.8) is 0 Å². The summed E-state index contributed by atoms with van der Waals surface area (Å²) >= 11 is 0. The molecule has 2 N–H and O–H groups in total. The van der Waals surface area contributed by atoms with Crippen molar-refractivity contribution in [2.75, 3.05) is 0 Å². The minimum Gasteiger partial charge on any atom is -0.222 e. The van der Waals surface area contributed by atoms with E-state index in [1.54, 1.807) is 0 Å². The quantitative estimate of drug-likeness (QED) is 0.405. The van der Waals surface area contributed by atoms with Gasteiger partial charge >= 0.3 is 8.03 Å². The molecular formula is C7H13NO3P+. The van der Waals surface area contributed by atoms with Crippen LogP contribution < -0.4 is 0 Å². The second-order valence-electron chi connectivity index (χ2n) is 2.04. The Kier molecular flexibility index (Phi) is 11.7. The molecule has 1 atom stereocenters. The zero-order valence-electron chi connectivity index (χ0n) is 7.04. The van der Waals surface area contributed by atoms with E-state index in [0.717, 1.165) is 18.9 Å². The van der Waals surface area contributed by atoms with Gasteiger partial charge in [-0.15, -0.1) is 0 Å². The summed E-state index contributed by atoms with van der Waals surface area (Å²) in [6, 6.07) is 0. The standard InChI is InChI=1S/C6H11O2P.CHNO/c1-3-4-5-6(2)9(7)8;2-1-3/h2-5H2,1H3;2H/p+1. The summed E-state index contributed by atoms with van der Waals surface area (Å²) in [6.07, 6.45) is 3.44. The molecule has 0 fully saturated rings. The monoisotopic (exact) mass is 190 g/mol. The molecule has 5 heteroatoms. The maximum Gasteiger partial charge on any atom is 0.540 e. The number of nitrogens with one attached hydrogen (secondary N) is 1. The normalized spacial score (nSPS) is 9.00. The lowest BCUT2D eigenvalue weighted by Gasteiger charge is -1.86. The zero-order valence-corrected chi connectivity index (χ0v) is 7.93. The van der Waals surface area contributed by atoms with Crippen LogP contribution in [0, 0.1) is 5.41 Å². The first-order chi connectivity index (χ1) is 5.59. The first kappa shape index (κ1) is 13.7. The molecule has 0 aromatic rings.